The number of benzene rings is 1. The molecule has 3 aromatic heterocycles. The van der Waals surface area contributed by atoms with E-state index in [0.29, 0.717) is 5.92 Å². The minimum absolute atomic E-state index is 0.477. The number of aromatic nitrogens is 5. The predicted molar refractivity (Wildman–Crippen MR) is 110 cm³/mol. The molecule has 3 heterocycles. The molecule has 0 atom stereocenters. The highest BCUT2D eigenvalue weighted by Gasteiger charge is 2.26. The summed E-state index contributed by atoms with van der Waals surface area (Å²) in [6.07, 6.45) is 8.44. The summed E-state index contributed by atoms with van der Waals surface area (Å²) in [5.74, 6) is 1.20. The minimum atomic E-state index is 0.477. The zero-order valence-electron chi connectivity index (χ0n) is 15.6. The SMILES string of the molecule is Clc1ccc(CNCC2CCC(c3nnn4cnc5[nH]ccc5c34)CC2)cc1. The van der Waals surface area contributed by atoms with Gasteiger partial charge in [-0.3, -0.25) is 0 Å². The lowest BCUT2D eigenvalue weighted by atomic mass is 9.80. The van der Waals surface area contributed by atoms with Gasteiger partial charge in [-0.1, -0.05) is 28.9 Å². The average Bonchev–Trinajstić information content (AvgIpc) is 3.36. The fourth-order valence-electron chi connectivity index (χ4n) is 4.36. The van der Waals surface area contributed by atoms with Crippen molar-refractivity contribution >= 4 is 28.2 Å². The van der Waals surface area contributed by atoms with Crippen LogP contribution in [0.4, 0.5) is 0 Å². The van der Waals surface area contributed by atoms with Gasteiger partial charge in [0.05, 0.1) is 5.69 Å². The van der Waals surface area contributed by atoms with Crippen LogP contribution in [0, 0.1) is 5.92 Å². The van der Waals surface area contributed by atoms with Gasteiger partial charge >= 0.3 is 0 Å². The quantitative estimate of drug-likeness (QED) is 0.528. The molecule has 7 heteroatoms. The second-order valence-corrected chi connectivity index (χ2v) is 8.16. The Morgan fingerprint density at radius 3 is 2.75 bits per heavy atom. The van der Waals surface area contributed by atoms with E-state index in [9.17, 15) is 0 Å². The predicted octanol–water partition coefficient (Wildman–Crippen LogP) is 4.32. The summed E-state index contributed by atoms with van der Waals surface area (Å²) < 4.78 is 1.81. The normalized spacial score (nSPS) is 20.2. The Bertz CT molecular complexity index is 1080. The monoisotopic (exact) mass is 394 g/mol. The lowest BCUT2D eigenvalue weighted by Gasteiger charge is -2.27. The van der Waals surface area contributed by atoms with E-state index in [1.807, 2.05) is 22.8 Å². The van der Waals surface area contributed by atoms with Crippen LogP contribution in [0.1, 0.15) is 42.9 Å². The lowest BCUT2D eigenvalue weighted by molar-refractivity contribution is 0.312. The molecule has 144 valence electrons. The first-order chi connectivity index (χ1) is 13.8. The number of hydrogen-bond donors (Lipinski definition) is 2. The molecule has 1 aliphatic carbocycles. The van der Waals surface area contributed by atoms with E-state index in [-0.39, 0.29) is 0 Å². The highest BCUT2D eigenvalue weighted by molar-refractivity contribution is 6.30. The van der Waals surface area contributed by atoms with E-state index >= 15 is 0 Å². The van der Waals surface area contributed by atoms with Gasteiger partial charge in [0, 0.05) is 29.1 Å². The summed E-state index contributed by atoms with van der Waals surface area (Å²) in [5, 5.41) is 14.3. The maximum atomic E-state index is 5.95. The highest BCUT2D eigenvalue weighted by atomic mass is 35.5. The number of aromatic amines is 1. The van der Waals surface area contributed by atoms with Gasteiger partial charge in [-0.2, -0.15) is 0 Å². The van der Waals surface area contributed by atoms with Crippen LogP contribution in [0.15, 0.2) is 42.9 Å². The first-order valence-electron chi connectivity index (χ1n) is 9.90. The second-order valence-electron chi connectivity index (χ2n) is 7.73. The molecule has 28 heavy (non-hydrogen) atoms. The van der Waals surface area contributed by atoms with Crippen molar-refractivity contribution in [2.24, 2.45) is 5.92 Å². The standard InChI is InChI=1S/C21H23ClN6/c22-17-7-3-15(4-8-17)12-23-11-14-1-5-16(6-2-14)19-20-18-9-10-24-21(18)25-13-28(20)27-26-19/h3-4,7-10,13-14,16,23-24H,1-2,5-6,11-12H2. The molecule has 5 rings (SSSR count). The third-order valence-electron chi connectivity index (χ3n) is 5.91. The van der Waals surface area contributed by atoms with Gasteiger partial charge in [-0.05, 0) is 61.9 Å². The lowest BCUT2D eigenvalue weighted by Crippen LogP contribution is -2.26. The Balaban J connectivity index is 1.21. The fraction of sp³-hybridized carbons (Fsp3) is 0.381. The van der Waals surface area contributed by atoms with Crippen LogP contribution < -0.4 is 5.32 Å². The van der Waals surface area contributed by atoms with E-state index in [0.717, 1.165) is 59.1 Å². The summed E-state index contributed by atoms with van der Waals surface area (Å²) >= 11 is 5.95. The molecule has 4 aromatic rings. The number of halogens is 1. The van der Waals surface area contributed by atoms with E-state index in [1.165, 1.54) is 18.4 Å². The topological polar surface area (TPSA) is 70.9 Å². The van der Waals surface area contributed by atoms with E-state index < -0.39 is 0 Å². The maximum absolute atomic E-state index is 5.95. The molecule has 0 amide bonds. The summed E-state index contributed by atoms with van der Waals surface area (Å²) in [5.41, 5.74) is 4.41. The van der Waals surface area contributed by atoms with Gasteiger partial charge in [0.15, 0.2) is 0 Å². The fourth-order valence-corrected chi connectivity index (χ4v) is 4.48. The van der Waals surface area contributed by atoms with Gasteiger partial charge < -0.3 is 10.3 Å². The minimum Gasteiger partial charge on any atom is -0.346 e. The molecular weight excluding hydrogens is 372 g/mol. The number of nitrogens with zero attached hydrogens (tertiary/aromatic N) is 4. The van der Waals surface area contributed by atoms with E-state index in [2.05, 4.69) is 43.8 Å². The van der Waals surface area contributed by atoms with Crippen LogP contribution in [0.5, 0.6) is 0 Å². The second kappa shape index (κ2) is 7.53. The number of fused-ring (bicyclic) bond motifs is 3. The van der Waals surface area contributed by atoms with Gasteiger partial charge in [0.1, 0.15) is 17.5 Å². The molecular formula is C21H23ClN6. The number of rotatable bonds is 5. The maximum Gasteiger partial charge on any atom is 0.141 e. The molecule has 1 aliphatic rings. The zero-order valence-corrected chi connectivity index (χ0v) is 16.4. The van der Waals surface area contributed by atoms with Gasteiger partial charge in [0.25, 0.3) is 0 Å². The molecule has 0 bridgehead atoms. The Labute approximate surface area is 168 Å². The molecule has 0 aliphatic heterocycles. The van der Waals surface area contributed by atoms with Crippen molar-refractivity contribution < 1.29 is 0 Å². The summed E-state index contributed by atoms with van der Waals surface area (Å²) in [7, 11) is 0. The number of hydrogen-bond acceptors (Lipinski definition) is 4. The smallest absolute Gasteiger partial charge is 0.141 e. The third-order valence-corrected chi connectivity index (χ3v) is 6.16. The Hall–Kier alpha value is -2.44. The van der Waals surface area contributed by atoms with Crippen LogP contribution in [0.2, 0.25) is 5.02 Å². The van der Waals surface area contributed by atoms with Crippen LogP contribution in [0.3, 0.4) is 0 Å². The van der Waals surface area contributed by atoms with Crippen molar-refractivity contribution in [1.29, 1.82) is 0 Å². The van der Waals surface area contributed by atoms with Crippen molar-refractivity contribution in [3.63, 3.8) is 0 Å². The van der Waals surface area contributed by atoms with Crippen molar-refractivity contribution in [3.05, 3.63) is 59.1 Å². The Kier molecular flexibility index (Phi) is 4.74. The number of H-pyrrole nitrogens is 1. The van der Waals surface area contributed by atoms with Crippen LogP contribution in [-0.2, 0) is 6.54 Å². The molecule has 6 nitrogen and oxygen atoms in total. The molecule has 1 saturated carbocycles. The largest absolute Gasteiger partial charge is 0.346 e. The number of nitrogens with one attached hydrogen (secondary N) is 2. The van der Waals surface area contributed by atoms with Gasteiger partial charge in [0.2, 0.25) is 0 Å². The third kappa shape index (κ3) is 3.38. The summed E-state index contributed by atoms with van der Waals surface area (Å²) in [6.45, 7) is 1.95. The molecule has 0 spiro atoms. The highest BCUT2D eigenvalue weighted by Crippen LogP contribution is 2.37. The van der Waals surface area contributed by atoms with Crippen molar-refractivity contribution in [3.8, 4) is 0 Å². The summed E-state index contributed by atoms with van der Waals surface area (Å²) in [4.78, 5) is 7.58. The van der Waals surface area contributed by atoms with Crippen LogP contribution >= 0.6 is 11.6 Å². The van der Waals surface area contributed by atoms with Crippen LogP contribution in [0.25, 0.3) is 16.6 Å². The zero-order chi connectivity index (χ0) is 18.9. The van der Waals surface area contributed by atoms with Gasteiger partial charge in [-0.15, -0.1) is 5.10 Å². The average molecular weight is 395 g/mol. The summed E-state index contributed by atoms with van der Waals surface area (Å²) in [6, 6.07) is 10.1. The molecule has 1 fully saturated rings. The molecule has 2 N–H and O–H groups in total. The molecule has 0 unspecified atom stereocenters. The molecule has 1 aromatic carbocycles. The first kappa shape index (κ1) is 17.6. The van der Waals surface area contributed by atoms with Gasteiger partial charge in [-0.25, -0.2) is 9.50 Å². The molecule has 0 saturated heterocycles. The van der Waals surface area contributed by atoms with Crippen molar-refractivity contribution in [2.45, 2.75) is 38.1 Å². The Morgan fingerprint density at radius 1 is 1.11 bits per heavy atom. The Morgan fingerprint density at radius 2 is 1.93 bits per heavy atom. The van der Waals surface area contributed by atoms with E-state index in [1.54, 1.807) is 6.33 Å². The van der Waals surface area contributed by atoms with Crippen LogP contribution in [-0.4, -0.2) is 31.3 Å². The van der Waals surface area contributed by atoms with Crippen molar-refractivity contribution in [1.82, 2.24) is 30.1 Å². The van der Waals surface area contributed by atoms with Crippen molar-refractivity contribution in [2.75, 3.05) is 6.54 Å². The van der Waals surface area contributed by atoms with E-state index in [4.69, 9.17) is 11.6 Å². The first-order valence-corrected chi connectivity index (χ1v) is 10.3. The molecule has 0 radical (unpaired) electrons.